The van der Waals surface area contributed by atoms with Crippen molar-refractivity contribution >= 4 is 34.9 Å². The Labute approximate surface area is 109 Å². The monoisotopic (exact) mass is 268 g/mol. The number of rotatable bonds is 2. The Morgan fingerprint density at radius 3 is 2.83 bits per heavy atom. The number of halogens is 1. The van der Waals surface area contributed by atoms with Crippen LogP contribution in [0.1, 0.15) is 12.0 Å². The zero-order valence-corrected chi connectivity index (χ0v) is 10.8. The molecule has 1 unspecified atom stereocenters. The first-order chi connectivity index (χ1) is 8.41. The van der Waals surface area contributed by atoms with Gasteiger partial charge in [-0.2, -0.15) is 0 Å². The van der Waals surface area contributed by atoms with Crippen LogP contribution >= 0.6 is 11.6 Å². The first-order valence-electron chi connectivity index (χ1n) is 5.46. The van der Waals surface area contributed by atoms with Crippen molar-refractivity contribution in [1.29, 1.82) is 0 Å². The summed E-state index contributed by atoms with van der Waals surface area (Å²) in [6.07, 6.45) is -0.233. The number of amides is 1. The van der Waals surface area contributed by atoms with Gasteiger partial charge < -0.3 is 15.3 Å². The zero-order valence-electron chi connectivity index (χ0n) is 10.0. The molecule has 1 atom stereocenters. The Balaban J connectivity index is 2.44. The van der Waals surface area contributed by atoms with Crippen LogP contribution < -0.4 is 10.2 Å². The van der Waals surface area contributed by atoms with E-state index < -0.39 is 12.0 Å². The second-order valence-electron chi connectivity index (χ2n) is 4.28. The minimum absolute atomic E-state index is 0.233. The number of fused-ring (bicyclic) bond motifs is 1. The topological polar surface area (TPSA) is 69.6 Å². The number of likely N-dealkylation sites (N-methyl/N-ethyl adjacent to an activating group) is 1. The number of nitrogens with zero attached hydrogens (tertiary/aromatic N) is 1. The Hall–Kier alpha value is -1.75. The predicted molar refractivity (Wildman–Crippen MR) is 69.3 cm³/mol. The molecule has 0 spiro atoms. The number of anilines is 2. The molecule has 96 valence electrons. The molecule has 1 amide bonds. The van der Waals surface area contributed by atoms with Gasteiger partial charge in [0.15, 0.2) is 0 Å². The summed E-state index contributed by atoms with van der Waals surface area (Å²) >= 11 is 6.00. The normalized spacial score (nSPS) is 18.3. The number of benzene rings is 1. The van der Waals surface area contributed by atoms with Gasteiger partial charge in [0, 0.05) is 12.1 Å². The van der Waals surface area contributed by atoms with Crippen LogP contribution in [0.5, 0.6) is 0 Å². The van der Waals surface area contributed by atoms with Crippen molar-refractivity contribution in [2.24, 2.45) is 0 Å². The Morgan fingerprint density at radius 1 is 1.56 bits per heavy atom. The maximum atomic E-state index is 11.9. The largest absolute Gasteiger partial charge is 0.481 e. The van der Waals surface area contributed by atoms with Crippen molar-refractivity contribution in [3.63, 3.8) is 0 Å². The average molecular weight is 269 g/mol. The summed E-state index contributed by atoms with van der Waals surface area (Å²) in [5.74, 6) is -1.33. The predicted octanol–water partition coefficient (Wildman–Crippen LogP) is 1.88. The summed E-state index contributed by atoms with van der Waals surface area (Å²) < 4.78 is 0. The van der Waals surface area contributed by atoms with Crippen LogP contribution in [-0.2, 0) is 9.59 Å². The number of hydrogen-bond acceptors (Lipinski definition) is 3. The number of nitrogens with one attached hydrogen (secondary N) is 1. The second-order valence-corrected chi connectivity index (χ2v) is 4.69. The molecule has 1 aliphatic heterocycles. The molecular formula is C12H13ClN2O3. The first-order valence-corrected chi connectivity index (χ1v) is 5.84. The van der Waals surface area contributed by atoms with Gasteiger partial charge in [-0.3, -0.25) is 9.59 Å². The molecule has 0 radical (unpaired) electrons. The average Bonchev–Trinajstić information content (AvgIpc) is 2.29. The molecule has 18 heavy (non-hydrogen) atoms. The van der Waals surface area contributed by atoms with Crippen molar-refractivity contribution in [1.82, 2.24) is 0 Å². The van der Waals surface area contributed by atoms with E-state index in [1.807, 2.05) is 6.92 Å². The summed E-state index contributed by atoms with van der Waals surface area (Å²) in [6, 6.07) is 2.82. The highest BCUT2D eigenvalue weighted by molar-refractivity contribution is 6.32. The van der Waals surface area contributed by atoms with Gasteiger partial charge in [-0.15, -0.1) is 0 Å². The lowest BCUT2D eigenvalue weighted by atomic mass is 10.0. The molecule has 0 saturated heterocycles. The number of carboxylic acids is 1. The van der Waals surface area contributed by atoms with E-state index in [4.69, 9.17) is 16.7 Å². The van der Waals surface area contributed by atoms with Crippen LogP contribution in [0.15, 0.2) is 12.1 Å². The Kier molecular flexibility index (Phi) is 3.17. The van der Waals surface area contributed by atoms with E-state index >= 15 is 0 Å². The van der Waals surface area contributed by atoms with Crippen molar-refractivity contribution in [2.45, 2.75) is 19.4 Å². The standard InChI is InChI=1S/C12H13ClN2O3/c1-6-7(13)3-4-8-11(6)14-12(18)9(15(8)2)5-10(16)17/h3-4,9H,5H2,1-2H3,(H,14,18)(H,16,17). The van der Waals surface area contributed by atoms with Gasteiger partial charge in [0.05, 0.1) is 17.8 Å². The van der Waals surface area contributed by atoms with Crippen LogP contribution in [0.4, 0.5) is 11.4 Å². The molecule has 1 aromatic carbocycles. The van der Waals surface area contributed by atoms with E-state index in [0.717, 1.165) is 11.3 Å². The highest BCUT2D eigenvalue weighted by Gasteiger charge is 2.33. The van der Waals surface area contributed by atoms with E-state index in [0.29, 0.717) is 10.7 Å². The fourth-order valence-electron chi connectivity index (χ4n) is 2.07. The maximum Gasteiger partial charge on any atom is 0.305 e. The van der Waals surface area contributed by atoms with E-state index in [-0.39, 0.29) is 12.3 Å². The molecule has 2 N–H and O–H groups in total. The fourth-order valence-corrected chi connectivity index (χ4v) is 2.23. The third-order valence-corrected chi connectivity index (χ3v) is 3.55. The van der Waals surface area contributed by atoms with Crippen LogP contribution in [0.25, 0.3) is 0 Å². The lowest BCUT2D eigenvalue weighted by molar-refractivity contribution is -0.138. The summed E-state index contributed by atoms with van der Waals surface area (Å²) in [7, 11) is 1.71. The number of carbonyl (C=O) groups is 2. The van der Waals surface area contributed by atoms with E-state index in [1.54, 1.807) is 24.1 Å². The third-order valence-electron chi connectivity index (χ3n) is 3.14. The van der Waals surface area contributed by atoms with E-state index in [1.165, 1.54) is 0 Å². The van der Waals surface area contributed by atoms with Gasteiger partial charge in [-0.1, -0.05) is 11.6 Å². The number of carboxylic acid groups (broad SMARTS) is 1. The van der Waals surface area contributed by atoms with Crippen LogP contribution in [0.3, 0.4) is 0 Å². The summed E-state index contributed by atoms with van der Waals surface area (Å²) in [5, 5.41) is 12.1. The molecule has 0 aliphatic carbocycles. The molecule has 0 fully saturated rings. The minimum Gasteiger partial charge on any atom is -0.481 e. The molecule has 0 aromatic heterocycles. The van der Waals surface area contributed by atoms with Gasteiger partial charge >= 0.3 is 5.97 Å². The van der Waals surface area contributed by atoms with Crippen molar-refractivity contribution in [3.05, 3.63) is 22.7 Å². The smallest absolute Gasteiger partial charge is 0.305 e. The molecular weight excluding hydrogens is 256 g/mol. The SMILES string of the molecule is Cc1c(Cl)ccc2c1NC(=O)C(CC(=O)O)N2C. The first kappa shape index (κ1) is 12.7. The highest BCUT2D eigenvalue weighted by Crippen LogP contribution is 2.37. The van der Waals surface area contributed by atoms with E-state index in [2.05, 4.69) is 5.32 Å². The molecule has 1 aliphatic rings. The number of aliphatic carboxylic acids is 1. The lowest BCUT2D eigenvalue weighted by Crippen LogP contribution is -2.47. The summed E-state index contributed by atoms with van der Waals surface area (Å²) in [6.45, 7) is 1.81. The van der Waals surface area contributed by atoms with E-state index in [9.17, 15) is 9.59 Å². The van der Waals surface area contributed by atoms with Gasteiger partial charge in [-0.25, -0.2) is 0 Å². The Morgan fingerprint density at radius 2 is 2.22 bits per heavy atom. The fraction of sp³-hybridized carbons (Fsp3) is 0.333. The lowest BCUT2D eigenvalue weighted by Gasteiger charge is -2.35. The second kappa shape index (κ2) is 4.49. The molecule has 0 saturated carbocycles. The molecule has 5 nitrogen and oxygen atoms in total. The van der Waals surface area contributed by atoms with Gasteiger partial charge in [-0.05, 0) is 24.6 Å². The van der Waals surface area contributed by atoms with Crippen LogP contribution in [0, 0.1) is 6.92 Å². The van der Waals surface area contributed by atoms with Gasteiger partial charge in [0.25, 0.3) is 0 Å². The molecule has 2 rings (SSSR count). The molecule has 1 heterocycles. The van der Waals surface area contributed by atoms with Crippen LogP contribution in [0.2, 0.25) is 5.02 Å². The van der Waals surface area contributed by atoms with Crippen LogP contribution in [-0.4, -0.2) is 30.1 Å². The highest BCUT2D eigenvalue weighted by atomic mass is 35.5. The minimum atomic E-state index is -1.00. The van der Waals surface area contributed by atoms with Crippen molar-refractivity contribution in [3.8, 4) is 0 Å². The molecule has 1 aromatic rings. The number of hydrogen-bond donors (Lipinski definition) is 2. The summed E-state index contributed by atoms with van der Waals surface area (Å²) in [5.41, 5.74) is 2.21. The molecule has 6 heteroatoms. The Bertz CT molecular complexity index is 530. The van der Waals surface area contributed by atoms with Crippen molar-refractivity contribution < 1.29 is 14.7 Å². The van der Waals surface area contributed by atoms with Crippen molar-refractivity contribution in [2.75, 3.05) is 17.3 Å². The zero-order chi connectivity index (χ0) is 13.4. The summed E-state index contributed by atoms with van der Waals surface area (Å²) in [4.78, 5) is 24.3. The maximum absolute atomic E-state index is 11.9. The number of carbonyl (C=O) groups excluding carboxylic acids is 1. The van der Waals surface area contributed by atoms with Gasteiger partial charge in [0.2, 0.25) is 5.91 Å². The molecule has 0 bridgehead atoms. The van der Waals surface area contributed by atoms with Gasteiger partial charge in [0.1, 0.15) is 6.04 Å². The quantitative estimate of drug-likeness (QED) is 0.859. The third kappa shape index (κ3) is 2.01.